The van der Waals surface area contributed by atoms with Crippen LogP contribution in [-0.2, 0) is 6.54 Å². The molecule has 2 aromatic carbocycles. The zero-order chi connectivity index (χ0) is 13.1. The zero-order valence-electron chi connectivity index (χ0n) is 10.9. The van der Waals surface area contributed by atoms with Crippen LogP contribution in [0.4, 0.5) is 0 Å². The van der Waals surface area contributed by atoms with Crippen LogP contribution in [0, 0.1) is 0 Å². The molecule has 0 bridgehead atoms. The van der Waals surface area contributed by atoms with E-state index < -0.39 is 0 Å². The Kier molecular flexibility index (Phi) is 3.38. The highest BCUT2D eigenvalue weighted by atomic mass is 16.7. The van der Waals surface area contributed by atoms with Crippen molar-refractivity contribution >= 4 is 0 Å². The lowest BCUT2D eigenvalue weighted by atomic mass is 10.1. The highest BCUT2D eigenvalue weighted by Crippen LogP contribution is 2.35. The van der Waals surface area contributed by atoms with E-state index in [1.807, 2.05) is 18.2 Å². The van der Waals surface area contributed by atoms with Gasteiger partial charge in [-0.1, -0.05) is 42.5 Å². The van der Waals surface area contributed by atoms with E-state index in [1.54, 1.807) is 0 Å². The second-order valence-electron chi connectivity index (χ2n) is 4.66. The van der Waals surface area contributed by atoms with Crippen molar-refractivity contribution in [2.24, 2.45) is 0 Å². The molecule has 0 unspecified atom stereocenters. The highest BCUT2D eigenvalue weighted by Gasteiger charge is 2.17. The van der Waals surface area contributed by atoms with Crippen LogP contribution in [0.1, 0.15) is 24.1 Å². The maximum absolute atomic E-state index is 5.51. The van der Waals surface area contributed by atoms with Crippen LogP contribution in [0.2, 0.25) is 0 Å². The van der Waals surface area contributed by atoms with Crippen molar-refractivity contribution in [3.05, 3.63) is 59.7 Å². The summed E-state index contributed by atoms with van der Waals surface area (Å²) in [6, 6.07) is 16.7. The maximum atomic E-state index is 5.51. The molecule has 0 aromatic heterocycles. The third kappa shape index (κ3) is 2.56. The Hall–Kier alpha value is -2.00. The monoisotopic (exact) mass is 255 g/mol. The van der Waals surface area contributed by atoms with E-state index in [1.165, 1.54) is 5.56 Å². The largest absolute Gasteiger partial charge is 0.454 e. The lowest BCUT2D eigenvalue weighted by Crippen LogP contribution is -2.18. The number of rotatable bonds is 4. The summed E-state index contributed by atoms with van der Waals surface area (Å²) in [4.78, 5) is 0. The van der Waals surface area contributed by atoms with E-state index in [0.29, 0.717) is 12.8 Å². The first kappa shape index (κ1) is 12.1. The molecule has 0 amide bonds. The van der Waals surface area contributed by atoms with E-state index in [-0.39, 0.29) is 0 Å². The van der Waals surface area contributed by atoms with Crippen LogP contribution in [0.3, 0.4) is 0 Å². The first-order valence-corrected chi connectivity index (χ1v) is 6.50. The second-order valence-corrected chi connectivity index (χ2v) is 4.66. The van der Waals surface area contributed by atoms with Crippen LogP contribution < -0.4 is 14.8 Å². The highest BCUT2D eigenvalue weighted by molar-refractivity contribution is 5.48. The van der Waals surface area contributed by atoms with E-state index in [2.05, 4.69) is 42.6 Å². The van der Waals surface area contributed by atoms with Crippen LogP contribution in [0.5, 0.6) is 11.5 Å². The Morgan fingerprint density at radius 3 is 2.74 bits per heavy atom. The predicted molar refractivity (Wildman–Crippen MR) is 74.3 cm³/mol. The summed E-state index contributed by atoms with van der Waals surface area (Å²) in [5, 5.41) is 3.51. The molecule has 1 aliphatic rings. The molecule has 0 aliphatic carbocycles. The van der Waals surface area contributed by atoms with Crippen LogP contribution in [0.15, 0.2) is 48.5 Å². The summed E-state index contributed by atoms with van der Waals surface area (Å²) in [5.74, 6) is 1.71. The molecule has 1 heterocycles. The topological polar surface area (TPSA) is 30.5 Å². The van der Waals surface area contributed by atoms with Crippen molar-refractivity contribution in [3.8, 4) is 11.5 Å². The molecule has 0 saturated heterocycles. The van der Waals surface area contributed by atoms with Gasteiger partial charge in [0.1, 0.15) is 0 Å². The Balaban J connectivity index is 1.69. The lowest BCUT2D eigenvalue weighted by molar-refractivity contribution is 0.173. The van der Waals surface area contributed by atoms with Gasteiger partial charge in [0.15, 0.2) is 11.5 Å². The number of para-hydroxylation sites is 1. The smallest absolute Gasteiger partial charge is 0.231 e. The molecular formula is C16H17NO2. The van der Waals surface area contributed by atoms with E-state index in [9.17, 15) is 0 Å². The van der Waals surface area contributed by atoms with Gasteiger partial charge in [0.05, 0.1) is 0 Å². The fourth-order valence-corrected chi connectivity index (χ4v) is 2.25. The van der Waals surface area contributed by atoms with Crippen molar-refractivity contribution in [1.82, 2.24) is 5.32 Å². The average Bonchev–Trinajstić information content (AvgIpc) is 2.94. The number of hydrogen-bond donors (Lipinski definition) is 1. The summed E-state index contributed by atoms with van der Waals surface area (Å²) in [5.41, 5.74) is 2.42. The van der Waals surface area contributed by atoms with E-state index in [0.717, 1.165) is 23.6 Å². The Morgan fingerprint density at radius 1 is 1.05 bits per heavy atom. The molecule has 3 nitrogen and oxygen atoms in total. The molecule has 98 valence electrons. The quantitative estimate of drug-likeness (QED) is 0.909. The van der Waals surface area contributed by atoms with Gasteiger partial charge < -0.3 is 14.8 Å². The number of ether oxygens (including phenoxy) is 2. The standard InChI is InChI=1S/C16H17NO2/c1-12(13-6-3-2-4-7-13)17-10-14-8-5-9-15-16(14)19-11-18-15/h2-9,12,17H,10-11H2,1H3/t12-/m0/s1. The van der Waals surface area contributed by atoms with Gasteiger partial charge in [-0.15, -0.1) is 0 Å². The SMILES string of the molecule is C[C@H](NCc1cccc2c1OCO2)c1ccccc1. The number of benzene rings is 2. The zero-order valence-corrected chi connectivity index (χ0v) is 10.9. The Bertz CT molecular complexity index is 554. The average molecular weight is 255 g/mol. The van der Waals surface area contributed by atoms with Crippen LogP contribution in [0.25, 0.3) is 0 Å². The van der Waals surface area contributed by atoms with Crippen LogP contribution in [-0.4, -0.2) is 6.79 Å². The fourth-order valence-electron chi connectivity index (χ4n) is 2.25. The van der Waals surface area contributed by atoms with Crippen molar-refractivity contribution in [2.75, 3.05) is 6.79 Å². The van der Waals surface area contributed by atoms with Crippen molar-refractivity contribution in [2.45, 2.75) is 19.5 Å². The molecule has 0 fully saturated rings. The molecule has 0 radical (unpaired) electrons. The second kappa shape index (κ2) is 5.33. The molecule has 3 heteroatoms. The summed E-state index contributed by atoms with van der Waals surface area (Å²) in [6.07, 6.45) is 0. The summed E-state index contributed by atoms with van der Waals surface area (Å²) < 4.78 is 10.9. The van der Waals surface area contributed by atoms with Gasteiger partial charge in [-0.3, -0.25) is 0 Å². The molecule has 1 atom stereocenters. The molecular weight excluding hydrogens is 238 g/mol. The van der Waals surface area contributed by atoms with Gasteiger partial charge in [0.2, 0.25) is 6.79 Å². The number of nitrogens with one attached hydrogen (secondary N) is 1. The van der Waals surface area contributed by atoms with Crippen molar-refractivity contribution < 1.29 is 9.47 Å². The summed E-state index contributed by atoms with van der Waals surface area (Å²) in [7, 11) is 0. The predicted octanol–water partition coefficient (Wildman–Crippen LogP) is 3.27. The molecule has 1 aliphatic heterocycles. The molecule has 0 saturated carbocycles. The molecule has 0 spiro atoms. The number of fused-ring (bicyclic) bond motifs is 1. The maximum Gasteiger partial charge on any atom is 0.231 e. The van der Waals surface area contributed by atoms with Crippen LogP contribution >= 0.6 is 0 Å². The third-order valence-corrected chi connectivity index (χ3v) is 3.38. The van der Waals surface area contributed by atoms with Gasteiger partial charge in [-0.05, 0) is 18.6 Å². The minimum absolute atomic E-state index is 0.305. The molecule has 2 aromatic rings. The lowest BCUT2D eigenvalue weighted by Gasteiger charge is -2.15. The Morgan fingerprint density at radius 2 is 1.89 bits per heavy atom. The number of hydrogen-bond acceptors (Lipinski definition) is 3. The molecule has 3 rings (SSSR count). The van der Waals surface area contributed by atoms with Crippen molar-refractivity contribution in [3.63, 3.8) is 0 Å². The van der Waals surface area contributed by atoms with Crippen molar-refractivity contribution in [1.29, 1.82) is 0 Å². The van der Waals surface area contributed by atoms with Gasteiger partial charge in [0, 0.05) is 18.2 Å². The Labute approximate surface area is 113 Å². The third-order valence-electron chi connectivity index (χ3n) is 3.38. The van der Waals surface area contributed by atoms with E-state index >= 15 is 0 Å². The van der Waals surface area contributed by atoms with Gasteiger partial charge in [-0.2, -0.15) is 0 Å². The first-order chi connectivity index (χ1) is 9.34. The minimum atomic E-state index is 0.305. The summed E-state index contributed by atoms with van der Waals surface area (Å²) >= 11 is 0. The minimum Gasteiger partial charge on any atom is -0.454 e. The van der Waals surface area contributed by atoms with Gasteiger partial charge in [0.25, 0.3) is 0 Å². The molecule has 1 N–H and O–H groups in total. The van der Waals surface area contributed by atoms with Gasteiger partial charge >= 0.3 is 0 Å². The normalized spacial score (nSPS) is 14.4. The fraction of sp³-hybridized carbons (Fsp3) is 0.250. The summed E-state index contributed by atoms with van der Waals surface area (Å²) in [6.45, 7) is 3.25. The first-order valence-electron chi connectivity index (χ1n) is 6.50. The van der Waals surface area contributed by atoms with E-state index in [4.69, 9.17) is 9.47 Å². The van der Waals surface area contributed by atoms with Gasteiger partial charge in [-0.25, -0.2) is 0 Å². The molecule has 19 heavy (non-hydrogen) atoms.